The van der Waals surface area contributed by atoms with Gasteiger partial charge in [0, 0.05) is 6.42 Å². The normalized spacial score (nSPS) is 12.8. The van der Waals surface area contributed by atoms with Crippen LogP contribution in [0.1, 0.15) is 40.0 Å². The number of carbonyl (C=O) groups excluding carboxylic acids is 1. The van der Waals surface area contributed by atoms with Crippen molar-refractivity contribution in [1.29, 1.82) is 0 Å². The second kappa shape index (κ2) is 7.73. The molecule has 0 aliphatic rings. The van der Waals surface area contributed by atoms with Crippen LogP contribution < -0.4 is 5.32 Å². The Balaban J connectivity index is 4.16. The Morgan fingerprint density at radius 3 is 2.21 bits per heavy atom. The van der Waals surface area contributed by atoms with Crippen LogP contribution in [0.4, 0.5) is 0 Å². The summed E-state index contributed by atoms with van der Waals surface area (Å²) in [5, 5.41) is 19.7. The minimum absolute atomic E-state index is 0.0723. The second-order valence-electron chi connectivity index (χ2n) is 5.15. The Kier molecular flexibility index (Phi) is 7.06. The number of hydrogen-bond acceptors (Lipinski definition) is 4. The van der Waals surface area contributed by atoms with Crippen LogP contribution >= 0.6 is 0 Å². The minimum atomic E-state index is -1.19. The summed E-state index contributed by atoms with van der Waals surface area (Å²) in [6.45, 7) is 5.11. The molecule has 1 amide bonds. The highest BCUT2D eigenvalue weighted by Crippen LogP contribution is 2.06. The Hall–Kier alpha value is -1.63. The van der Waals surface area contributed by atoms with Gasteiger partial charge >= 0.3 is 11.9 Å². The Bertz CT molecular complexity index is 334. The van der Waals surface area contributed by atoms with E-state index in [0.717, 1.165) is 0 Å². The monoisotopic (exact) mass is 275 g/mol. The van der Waals surface area contributed by atoms with E-state index >= 15 is 0 Å². The molecule has 19 heavy (non-hydrogen) atoms. The van der Waals surface area contributed by atoms with Crippen LogP contribution in [0.5, 0.6) is 0 Å². The number of rotatable bonds is 8. The summed E-state index contributed by atoms with van der Waals surface area (Å²) in [4.78, 5) is 32.7. The molecule has 0 aromatic heterocycles. The fourth-order valence-corrected chi connectivity index (χ4v) is 1.23. The molecule has 0 heterocycles. The smallest absolute Gasteiger partial charge is 0.326 e. The maximum absolute atomic E-state index is 11.5. The van der Waals surface area contributed by atoms with Crippen LogP contribution in [-0.4, -0.2) is 46.3 Å². The summed E-state index contributed by atoms with van der Waals surface area (Å²) in [5.41, 5.74) is -0.487. The summed E-state index contributed by atoms with van der Waals surface area (Å²) in [7, 11) is 0. The van der Waals surface area contributed by atoms with Gasteiger partial charge in [-0.25, -0.2) is 4.79 Å². The van der Waals surface area contributed by atoms with Gasteiger partial charge in [-0.3, -0.25) is 9.59 Å². The van der Waals surface area contributed by atoms with Crippen LogP contribution in [0.25, 0.3) is 0 Å². The van der Waals surface area contributed by atoms with Gasteiger partial charge in [0.1, 0.15) is 12.6 Å². The molecule has 0 bridgehead atoms. The number of carboxylic acid groups (broad SMARTS) is 2. The third kappa shape index (κ3) is 10.0. The van der Waals surface area contributed by atoms with Crippen LogP contribution in [0, 0.1) is 0 Å². The van der Waals surface area contributed by atoms with E-state index in [1.165, 1.54) is 0 Å². The van der Waals surface area contributed by atoms with Crippen LogP contribution in [0.2, 0.25) is 0 Å². The molecule has 0 radical (unpaired) electrons. The van der Waals surface area contributed by atoms with Gasteiger partial charge < -0.3 is 20.3 Å². The molecule has 110 valence electrons. The number of nitrogens with one attached hydrogen (secondary N) is 1. The summed E-state index contributed by atoms with van der Waals surface area (Å²) >= 11 is 0. The molecular weight excluding hydrogens is 254 g/mol. The number of carboxylic acids is 2. The van der Waals surface area contributed by atoms with E-state index in [1.807, 2.05) is 0 Å². The summed E-state index contributed by atoms with van der Waals surface area (Å²) in [6.07, 6.45) is 0.133. The molecular formula is C12H21NO6. The van der Waals surface area contributed by atoms with Crippen molar-refractivity contribution >= 4 is 17.8 Å². The van der Waals surface area contributed by atoms with Crippen molar-refractivity contribution in [3.05, 3.63) is 0 Å². The quantitative estimate of drug-likeness (QED) is 0.598. The molecule has 0 aliphatic heterocycles. The SMILES string of the molecule is CC(C)(C)OCC(=O)N[C@H](CCCC(=O)O)C(=O)O. The molecule has 7 nitrogen and oxygen atoms in total. The van der Waals surface area contributed by atoms with Crippen molar-refractivity contribution in [2.75, 3.05) is 6.61 Å². The van der Waals surface area contributed by atoms with Crippen LogP contribution in [0.3, 0.4) is 0 Å². The second-order valence-corrected chi connectivity index (χ2v) is 5.15. The maximum atomic E-state index is 11.5. The largest absolute Gasteiger partial charge is 0.481 e. The molecule has 0 unspecified atom stereocenters. The van der Waals surface area contributed by atoms with Gasteiger partial charge in [0.05, 0.1) is 5.60 Å². The van der Waals surface area contributed by atoms with Crippen LogP contribution in [0.15, 0.2) is 0 Å². The first kappa shape index (κ1) is 17.4. The number of aliphatic carboxylic acids is 2. The van der Waals surface area contributed by atoms with E-state index in [1.54, 1.807) is 20.8 Å². The first-order chi connectivity index (χ1) is 8.61. The summed E-state index contributed by atoms with van der Waals surface area (Å²) < 4.78 is 5.22. The molecule has 7 heteroatoms. The molecule has 0 fully saturated rings. The third-order valence-corrected chi connectivity index (χ3v) is 2.15. The predicted molar refractivity (Wildman–Crippen MR) is 66.8 cm³/mol. The fraction of sp³-hybridized carbons (Fsp3) is 0.750. The fourth-order valence-electron chi connectivity index (χ4n) is 1.23. The lowest BCUT2D eigenvalue weighted by Gasteiger charge is -2.20. The Labute approximate surface area is 111 Å². The van der Waals surface area contributed by atoms with E-state index in [-0.39, 0.29) is 25.9 Å². The van der Waals surface area contributed by atoms with E-state index < -0.39 is 29.5 Å². The highest BCUT2D eigenvalue weighted by Gasteiger charge is 2.21. The van der Waals surface area contributed by atoms with Crippen LogP contribution in [-0.2, 0) is 19.1 Å². The zero-order valence-corrected chi connectivity index (χ0v) is 11.4. The maximum Gasteiger partial charge on any atom is 0.326 e. The zero-order valence-electron chi connectivity index (χ0n) is 11.4. The molecule has 0 spiro atoms. The molecule has 3 N–H and O–H groups in total. The van der Waals surface area contributed by atoms with Crippen molar-refractivity contribution in [2.45, 2.75) is 51.7 Å². The number of carbonyl (C=O) groups is 3. The van der Waals surface area contributed by atoms with Gasteiger partial charge in [-0.1, -0.05) is 0 Å². The van der Waals surface area contributed by atoms with E-state index in [9.17, 15) is 14.4 Å². The standard InChI is InChI=1S/C12H21NO6/c1-12(2,3)19-7-9(14)13-8(11(17)18)5-4-6-10(15)16/h8H,4-7H2,1-3H3,(H,13,14)(H,15,16)(H,17,18)/t8-/m1/s1. The molecule has 0 aromatic carbocycles. The average molecular weight is 275 g/mol. The average Bonchev–Trinajstić information content (AvgIpc) is 2.23. The van der Waals surface area contributed by atoms with Gasteiger partial charge in [-0.2, -0.15) is 0 Å². The topological polar surface area (TPSA) is 113 Å². The van der Waals surface area contributed by atoms with Gasteiger partial charge in [0.2, 0.25) is 5.91 Å². The summed E-state index contributed by atoms with van der Waals surface area (Å²) in [6, 6.07) is -1.09. The van der Waals surface area contributed by atoms with Crippen molar-refractivity contribution in [3.63, 3.8) is 0 Å². The Morgan fingerprint density at radius 1 is 1.21 bits per heavy atom. The lowest BCUT2D eigenvalue weighted by Crippen LogP contribution is -2.43. The van der Waals surface area contributed by atoms with E-state index in [4.69, 9.17) is 14.9 Å². The first-order valence-corrected chi connectivity index (χ1v) is 6.00. The van der Waals surface area contributed by atoms with Gasteiger partial charge in [0.25, 0.3) is 0 Å². The van der Waals surface area contributed by atoms with Crippen molar-refractivity contribution in [2.24, 2.45) is 0 Å². The predicted octanol–water partition coefficient (Wildman–Crippen LogP) is 0.626. The van der Waals surface area contributed by atoms with Gasteiger partial charge in [-0.15, -0.1) is 0 Å². The molecule has 0 saturated heterocycles. The molecule has 0 aliphatic carbocycles. The highest BCUT2D eigenvalue weighted by atomic mass is 16.5. The van der Waals surface area contributed by atoms with Gasteiger partial charge in [-0.05, 0) is 33.6 Å². The number of hydrogen-bond donors (Lipinski definition) is 3. The van der Waals surface area contributed by atoms with Crippen molar-refractivity contribution < 1.29 is 29.3 Å². The van der Waals surface area contributed by atoms with Crippen molar-refractivity contribution in [1.82, 2.24) is 5.32 Å². The first-order valence-electron chi connectivity index (χ1n) is 6.00. The van der Waals surface area contributed by atoms with Gasteiger partial charge in [0.15, 0.2) is 0 Å². The number of amides is 1. The van der Waals surface area contributed by atoms with E-state index in [2.05, 4.69) is 5.32 Å². The van der Waals surface area contributed by atoms with E-state index in [0.29, 0.717) is 0 Å². The molecule has 0 aromatic rings. The minimum Gasteiger partial charge on any atom is -0.481 e. The number of ether oxygens (including phenoxy) is 1. The third-order valence-electron chi connectivity index (χ3n) is 2.15. The zero-order chi connectivity index (χ0) is 15.1. The molecule has 0 saturated carbocycles. The summed E-state index contributed by atoms with van der Waals surface area (Å²) in [5.74, 6) is -2.71. The van der Waals surface area contributed by atoms with Crippen molar-refractivity contribution in [3.8, 4) is 0 Å². The molecule has 1 atom stereocenters. The lowest BCUT2D eigenvalue weighted by molar-refractivity contribution is -0.144. The highest BCUT2D eigenvalue weighted by molar-refractivity contribution is 5.84. The Morgan fingerprint density at radius 2 is 1.79 bits per heavy atom. The molecule has 0 rings (SSSR count). The lowest BCUT2D eigenvalue weighted by atomic mass is 10.1.